The van der Waals surface area contributed by atoms with Gasteiger partial charge < -0.3 is 9.80 Å². The van der Waals surface area contributed by atoms with Crippen LogP contribution in [0.25, 0.3) is 0 Å². The molecule has 1 atom stereocenters. The molecule has 2 rings (SSSR count). The van der Waals surface area contributed by atoms with Crippen molar-refractivity contribution in [2.45, 2.75) is 66.7 Å². The molecule has 0 amide bonds. The van der Waals surface area contributed by atoms with Gasteiger partial charge in [-0.3, -0.25) is 0 Å². The van der Waals surface area contributed by atoms with Crippen molar-refractivity contribution < 1.29 is 0 Å². The van der Waals surface area contributed by atoms with Gasteiger partial charge in [0.05, 0.1) is 0 Å². The molecular formula is C20H40N2. The molecule has 0 N–H and O–H groups in total. The summed E-state index contributed by atoms with van der Waals surface area (Å²) >= 11 is 0. The second-order valence-electron chi connectivity index (χ2n) is 10.3. The maximum absolute atomic E-state index is 2.68. The second-order valence-corrected chi connectivity index (χ2v) is 10.3. The first-order chi connectivity index (χ1) is 10.1. The van der Waals surface area contributed by atoms with Crippen LogP contribution in [0.5, 0.6) is 0 Å². The van der Waals surface area contributed by atoms with Crippen LogP contribution in [0.1, 0.15) is 66.7 Å². The number of hydrogen-bond acceptors (Lipinski definition) is 2. The van der Waals surface area contributed by atoms with Gasteiger partial charge in [0, 0.05) is 19.6 Å². The lowest BCUT2D eigenvalue weighted by Gasteiger charge is -2.43. The smallest absolute Gasteiger partial charge is 0.00222 e. The number of likely N-dealkylation sites (tertiary alicyclic amines) is 2. The summed E-state index contributed by atoms with van der Waals surface area (Å²) in [7, 11) is 2.27. The van der Waals surface area contributed by atoms with E-state index in [0.717, 1.165) is 11.8 Å². The van der Waals surface area contributed by atoms with E-state index < -0.39 is 0 Å². The Hall–Kier alpha value is -0.0800. The molecule has 22 heavy (non-hydrogen) atoms. The van der Waals surface area contributed by atoms with Gasteiger partial charge in [-0.2, -0.15) is 0 Å². The van der Waals surface area contributed by atoms with Crippen LogP contribution in [0.2, 0.25) is 0 Å². The number of rotatable bonds is 7. The number of hydrogen-bond donors (Lipinski definition) is 0. The molecule has 2 nitrogen and oxygen atoms in total. The standard InChI is InChI=1S/C20H40N2/c1-19(2,3)9-7-10-22-15-18(16-22)13-20(4,5)12-17-8-11-21(6)14-17/h17-18H,7-16H2,1-6H3/t17-/m0/s1. The van der Waals surface area contributed by atoms with Crippen molar-refractivity contribution in [3.8, 4) is 0 Å². The van der Waals surface area contributed by atoms with Crippen molar-refractivity contribution >= 4 is 0 Å². The Morgan fingerprint density at radius 2 is 1.55 bits per heavy atom. The monoisotopic (exact) mass is 308 g/mol. The van der Waals surface area contributed by atoms with E-state index in [1.54, 1.807) is 0 Å². The van der Waals surface area contributed by atoms with Gasteiger partial charge in [-0.25, -0.2) is 0 Å². The van der Waals surface area contributed by atoms with Crippen molar-refractivity contribution in [3.63, 3.8) is 0 Å². The van der Waals surface area contributed by atoms with Crippen molar-refractivity contribution in [3.05, 3.63) is 0 Å². The SMILES string of the molecule is CN1CC[C@@H](CC(C)(C)CC2CN(CCCC(C)(C)C)C2)C1. The van der Waals surface area contributed by atoms with Crippen LogP contribution >= 0.6 is 0 Å². The second kappa shape index (κ2) is 7.21. The van der Waals surface area contributed by atoms with Crippen LogP contribution in [-0.4, -0.2) is 49.6 Å². The molecule has 0 unspecified atom stereocenters. The molecule has 0 saturated carbocycles. The Morgan fingerprint density at radius 1 is 0.909 bits per heavy atom. The molecule has 130 valence electrons. The van der Waals surface area contributed by atoms with Crippen molar-refractivity contribution in [1.82, 2.24) is 9.80 Å². The maximum Gasteiger partial charge on any atom is 0.00222 e. The highest BCUT2D eigenvalue weighted by Gasteiger charge is 2.34. The zero-order valence-corrected chi connectivity index (χ0v) is 16.1. The van der Waals surface area contributed by atoms with Crippen LogP contribution in [0, 0.1) is 22.7 Å². The largest absolute Gasteiger partial charge is 0.306 e. The van der Waals surface area contributed by atoms with E-state index in [-0.39, 0.29) is 0 Å². The minimum absolute atomic E-state index is 0.501. The maximum atomic E-state index is 2.68. The van der Waals surface area contributed by atoms with E-state index in [0.29, 0.717) is 10.8 Å². The third kappa shape index (κ3) is 6.20. The van der Waals surface area contributed by atoms with Gasteiger partial charge in [-0.1, -0.05) is 34.6 Å². The van der Waals surface area contributed by atoms with E-state index in [1.807, 2.05) is 0 Å². The van der Waals surface area contributed by atoms with E-state index in [2.05, 4.69) is 51.5 Å². The molecule has 2 saturated heterocycles. The predicted molar refractivity (Wildman–Crippen MR) is 97.2 cm³/mol. The van der Waals surface area contributed by atoms with Crippen LogP contribution in [-0.2, 0) is 0 Å². The first-order valence-electron chi connectivity index (χ1n) is 9.54. The molecule has 0 aliphatic carbocycles. The summed E-state index contributed by atoms with van der Waals surface area (Å²) < 4.78 is 0. The molecule has 2 aliphatic rings. The summed E-state index contributed by atoms with van der Waals surface area (Å²) in [6.45, 7) is 18.8. The minimum Gasteiger partial charge on any atom is -0.306 e. The van der Waals surface area contributed by atoms with E-state index in [1.165, 1.54) is 64.8 Å². The van der Waals surface area contributed by atoms with Crippen molar-refractivity contribution in [2.24, 2.45) is 22.7 Å². The fraction of sp³-hybridized carbons (Fsp3) is 1.00. The summed E-state index contributed by atoms with van der Waals surface area (Å²) in [5, 5.41) is 0. The quantitative estimate of drug-likeness (QED) is 0.683. The van der Waals surface area contributed by atoms with Crippen molar-refractivity contribution in [2.75, 3.05) is 39.8 Å². The molecule has 0 radical (unpaired) electrons. The fourth-order valence-electron chi connectivity index (χ4n) is 4.66. The normalized spacial score (nSPS) is 25.6. The lowest BCUT2D eigenvalue weighted by atomic mass is 9.74. The van der Waals surface area contributed by atoms with Crippen LogP contribution in [0.15, 0.2) is 0 Å². The zero-order valence-electron chi connectivity index (χ0n) is 16.1. The van der Waals surface area contributed by atoms with E-state index in [4.69, 9.17) is 0 Å². The lowest BCUT2D eigenvalue weighted by Crippen LogP contribution is -2.48. The van der Waals surface area contributed by atoms with Gasteiger partial charge in [0.1, 0.15) is 0 Å². The summed E-state index contributed by atoms with van der Waals surface area (Å²) in [4.78, 5) is 5.18. The molecule has 0 spiro atoms. The van der Waals surface area contributed by atoms with Gasteiger partial charge in [-0.15, -0.1) is 0 Å². The van der Waals surface area contributed by atoms with Gasteiger partial charge >= 0.3 is 0 Å². The molecule has 2 aliphatic heterocycles. The Labute approximate surface area is 139 Å². The Morgan fingerprint density at radius 3 is 2.09 bits per heavy atom. The molecule has 0 aromatic carbocycles. The molecule has 2 heterocycles. The van der Waals surface area contributed by atoms with Gasteiger partial charge in [0.25, 0.3) is 0 Å². The van der Waals surface area contributed by atoms with E-state index >= 15 is 0 Å². The average molecular weight is 309 g/mol. The highest BCUT2D eigenvalue weighted by atomic mass is 15.2. The first-order valence-corrected chi connectivity index (χ1v) is 9.54. The Kier molecular flexibility index (Phi) is 5.99. The number of nitrogens with zero attached hydrogens (tertiary/aromatic N) is 2. The summed E-state index contributed by atoms with van der Waals surface area (Å²) in [5.41, 5.74) is 1.04. The predicted octanol–water partition coefficient (Wildman–Crippen LogP) is 4.50. The fourth-order valence-corrected chi connectivity index (χ4v) is 4.66. The summed E-state index contributed by atoms with van der Waals surface area (Å²) in [6, 6.07) is 0. The summed E-state index contributed by atoms with van der Waals surface area (Å²) in [5.74, 6) is 1.91. The highest BCUT2D eigenvalue weighted by Crippen LogP contribution is 2.38. The topological polar surface area (TPSA) is 6.48 Å². The molecule has 0 aromatic heterocycles. The molecule has 0 aromatic rings. The lowest BCUT2D eigenvalue weighted by molar-refractivity contribution is 0.0549. The van der Waals surface area contributed by atoms with Gasteiger partial charge in [0.15, 0.2) is 0 Å². The van der Waals surface area contributed by atoms with Gasteiger partial charge in [-0.05, 0) is 74.9 Å². The summed E-state index contributed by atoms with van der Waals surface area (Å²) in [6.07, 6.45) is 7.01. The molecular weight excluding hydrogens is 268 g/mol. The van der Waals surface area contributed by atoms with Crippen LogP contribution in [0.3, 0.4) is 0 Å². The van der Waals surface area contributed by atoms with Gasteiger partial charge in [0.2, 0.25) is 0 Å². The Balaban J connectivity index is 1.60. The van der Waals surface area contributed by atoms with Crippen LogP contribution in [0.4, 0.5) is 0 Å². The minimum atomic E-state index is 0.501. The third-order valence-corrected chi connectivity index (χ3v) is 5.61. The molecule has 2 fully saturated rings. The zero-order chi connectivity index (χ0) is 16.4. The third-order valence-electron chi connectivity index (χ3n) is 5.61. The van der Waals surface area contributed by atoms with E-state index in [9.17, 15) is 0 Å². The first kappa shape index (κ1) is 18.3. The van der Waals surface area contributed by atoms with Crippen molar-refractivity contribution in [1.29, 1.82) is 0 Å². The Bertz CT molecular complexity index is 336. The average Bonchev–Trinajstić information content (AvgIpc) is 2.68. The highest BCUT2D eigenvalue weighted by molar-refractivity contribution is 4.87. The van der Waals surface area contributed by atoms with Crippen LogP contribution < -0.4 is 0 Å². The molecule has 0 bridgehead atoms. The molecule has 2 heteroatoms.